The van der Waals surface area contributed by atoms with Crippen LogP contribution >= 0.6 is 0 Å². The monoisotopic (exact) mass is 342 g/mol. The minimum atomic E-state index is -0.120. The Balaban J connectivity index is 1.70. The number of ether oxygens (including phenoxy) is 2. The van der Waals surface area contributed by atoms with E-state index in [0.717, 1.165) is 11.4 Å². The summed E-state index contributed by atoms with van der Waals surface area (Å²) in [5.41, 5.74) is 1.14. The maximum absolute atomic E-state index is 12.4. The first-order valence-corrected chi connectivity index (χ1v) is 8.35. The molecule has 2 aromatic rings. The van der Waals surface area contributed by atoms with Gasteiger partial charge in [-0.15, -0.1) is 0 Å². The smallest absolute Gasteiger partial charge is 0.274 e. The first-order chi connectivity index (χ1) is 12.1. The zero-order valence-electron chi connectivity index (χ0n) is 14.4. The van der Waals surface area contributed by atoms with Crippen LogP contribution in [0.5, 0.6) is 5.75 Å². The second-order valence-electron chi connectivity index (χ2n) is 5.98. The number of aromatic nitrogens is 2. The van der Waals surface area contributed by atoms with Crippen LogP contribution in [0.25, 0.3) is 0 Å². The summed E-state index contributed by atoms with van der Waals surface area (Å²) in [5, 5.41) is 3.18. The van der Waals surface area contributed by atoms with Crippen LogP contribution in [0, 0.1) is 0 Å². The van der Waals surface area contributed by atoms with Crippen LogP contribution in [-0.4, -0.2) is 53.2 Å². The van der Waals surface area contributed by atoms with Crippen LogP contribution in [-0.2, 0) is 4.74 Å². The minimum Gasteiger partial charge on any atom is -0.489 e. The number of nitrogens with zero attached hydrogens (tertiary/aromatic N) is 3. The molecule has 132 valence electrons. The Kier molecular flexibility index (Phi) is 5.45. The summed E-state index contributed by atoms with van der Waals surface area (Å²) in [6.45, 7) is 6.24. The molecule has 7 heteroatoms. The average molecular weight is 342 g/mol. The van der Waals surface area contributed by atoms with E-state index in [-0.39, 0.29) is 12.0 Å². The number of nitrogens with one attached hydrogen (secondary N) is 1. The molecule has 0 unspecified atom stereocenters. The maximum Gasteiger partial charge on any atom is 0.274 e. The van der Waals surface area contributed by atoms with Crippen molar-refractivity contribution in [1.82, 2.24) is 14.9 Å². The average Bonchev–Trinajstić information content (AvgIpc) is 2.64. The Bertz CT molecular complexity index is 713. The quantitative estimate of drug-likeness (QED) is 0.899. The Hall–Kier alpha value is -2.67. The minimum absolute atomic E-state index is 0.0718. The third-order valence-electron chi connectivity index (χ3n) is 3.68. The van der Waals surface area contributed by atoms with Crippen molar-refractivity contribution in [3.05, 3.63) is 42.4 Å². The standard InChI is InChI=1S/C18H22N4O3/c1-13(2)25-16-6-4-3-5-14(16)21-17-12-19-15(11-20-17)18(23)22-7-9-24-10-8-22/h3-6,11-13H,7-10H2,1-2H3,(H,20,21). The summed E-state index contributed by atoms with van der Waals surface area (Å²) < 4.78 is 11.0. The molecule has 0 atom stereocenters. The van der Waals surface area contributed by atoms with E-state index in [9.17, 15) is 4.79 Å². The van der Waals surface area contributed by atoms with Gasteiger partial charge in [-0.05, 0) is 26.0 Å². The molecular formula is C18H22N4O3. The summed E-state index contributed by atoms with van der Waals surface area (Å²) in [6, 6.07) is 7.64. The van der Waals surface area contributed by atoms with Crippen molar-refractivity contribution < 1.29 is 14.3 Å². The van der Waals surface area contributed by atoms with Crippen LogP contribution in [0.1, 0.15) is 24.3 Å². The highest BCUT2D eigenvalue weighted by Gasteiger charge is 2.19. The number of hydrogen-bond donors (Lipinski definition) is 1. The Morgan fingerprint density at radius 2 is 1.96 bits per heavy atom. The first kappa shape index (κ1) is 17.2. The van der Waals surface area contributed by atoms with Crippen LogP contribution in [0.4, 0.5) is 11.5 Å². The number of morpholine rings is 1. The maximum atomic E-state index is 12.4. The molecule has 1 amide bonds. The van der Waals surface area contributed by atoms with Crippen molar-refractivity contribution >= 4 is 17.4 Å². The number of hydrogen-bond acceptors (Lipinski definition) is 6. The van der Waals surface area contributed by atoms with E-state index >= 15 is 0 Å². The molecule has 1 aliphatic rings. The third-order valence-corrected chi connectivity index (χ3v) is 3.68. The lowest BCUT2D eigenvalue weighted by molar-refractivity contribution is 0.0298. The van der Waals surface area contributed by atoms with Gasteiger partial charge in [0, 0.05) is 13.1 Å². The van der Waals surface area contributed by atoms with Crippen molar-refractivity contribution in [2.45, 2.75) is 20.0 Å². The number of amides is 1. The predicted molar refractivity (Wildman–Crippen MR) is 94.2 cm³/mol. The molecule has 0 saturated carbocycles. The van der Waals surface area contributed by atoms with E-state index in [1.807, 2.05) is 38.1 Å². The molecule has 0 spiro atoms. The van der Waals surface area contributed by atoms with Crippen LogP contribution in [0.15, 0.2) is 36.7 Å². The molecular weight excluding hydrogens is 320 g/mol. The Labute approximate surface area is 147 Å². The Morgan fingerprint density at radius 3 is 2.64 bits per heavy atom. The van der Waals surface area contributed by atoms with Gasteiger partial charge in [-0.3, -0.25) is 4.79 Å². The molecule has 1 N–H and O–H groups in total. The van der Waals surface area contributed by atoms with Gasteiger partial charge in [-0.2, -0.15) is 0 Å². The summed E-state index contributed by atoms with van der Waals surface area (Å²) in [6.07, 6.45) is 3.12. The number of carbonyl (C=O) groups is 1. The zero-order valence-corrected chi connectivity index (χ0v) is 14.4. The van der Waals surface area contributed by atoms with E-state index < -0.39 is 0 Å². The van der Waals surface area contributed by atoms with Gasteiger partial charge in [0.25, 0.3) is 5.91 Å². The molecule has 0 radical (unpaired) electrons. The lowest BCUT2D eigenvalue weighted by Gasteiger charge is -2.26. The van der Waals surface area contributed by atoms with Crippen molar-refractivity contribution in [3.8, 4) is 5.75 Å². The summed E-state index contributed by atoms with van der Waals surface area (Å²) >= 11 is 0. The highest BCUT2D eigenvalue weighted by atomic mass is 16.5. The number of rotatable bonds is 5. The molecule has 1 aromatic heterocycles. The molecule has 2 heterocycles. The second-order valence-corrected chi connectivity index (χ2v) is 5.98. The van der Waals surface area contributed by atoms with Crippen molar-refractivity contribution in [3.63, 3.8) is 0 Å². The molecule has 1 aliphatic heterocycles. The van der Waals surface area contributed by atoms with Crippen molar-refractivity contribution in [2.75, 3.05) is 31.6 Å². The SMILES string of the molecule is CC(C)Oc1ccccc1Nc1cnc(C(=O)N2CCOCC2)cn1. The Morgan fingerprint density at radius 1 is 1.20 bits per heavy atom. The van der Waals surface area contributed by atoms with E-state index in [4.69, 9.17) is 9.47 Å². The van der Waals surface area contributed by atoms with E-state index in [1.165, 1.54) is 6.20 Å². The molecule has 1 aromatic carbocycles. The van der Waals surface area contributed by atoms with Gasteiger partial charge >= 0.3 is 0 Å². The van der Waals surface area contributed by atoms with Crippen LogP contribution in [0.2, 0.25) is 0 Å². The number of carbonyl (C=O) groups excluding carboxylic acids is 1. The zero-order chi connectivity index (χ0) is 17.6. The summed E-state index contributed by atoms with van der Waals surface area (Å²) in [4.78, 5) is 22.6. The van der Waals surface area contributed by atoms with E-state index in [2.05, 4.69) is 15.3 Å². The highest BCUT2D eigenvalue weighted by Crippen LogP contribution is 2.27. The fourth-order valence-electron chi connectivity index (χ4n) is 2.50. The van der Waals surface area contributed by atoms with Gasteiger partial charge in [0.05, 0.1) is 37.4 Å². The summed E-state index contributed by atoms with van der Waals surface area (Å²) in [5.74, 6) is 1.18. The number of anilines is 2. The second kappa shape index (κ2) is 7.94. The van der Waals surface area contributed by atoms with Crippen LogP contribution in [0.3, 0.4) is 0 Å². The molecule has 7 nitrogen and oxygen atoms in total. The van der Waals surface area contributed by atoms with Gasteiger partial charge in [0.15, 0.2) is 0 Å². The number of para-hydroxylation sites is 2. The lowest BCUT2D eigenvalue weighted by Crippen LogP contribution is -2.41. The van der Waals surface area contributed by atoms with E-state index in [1.54, 1.807) is 11.1 Å². The summed E-state index contributed by atoms with van der Waals surface area (Å²) in [7, 11) is 0. The molecule has 1 saturated heterocycles. The fraction of sp³-hybridized carbons (Fsp3) is 0.389. The van der Waals surface area contributed by atoms with Crippen molar-refractivity contribution in [1.29, 1.82) is 0 Å². The van der Waals surface area contributed by atoms with Gasteiger partial charge in [-0.25, -0.2) is 9.97 Å². The topological polar surface area (TPSA) is 76.6 Å². The van der Waals surface area contributed by atoms with E-state index in [0.29, 0.717) is 37.8 Å². The molecule has 0 aliphatic carbocycles. The number of benzene rings is 1. The van der Waals surface area contributed by atoms with Gasteiger partial charge in [0.1, 0.15) is 17.3 Å². The molecule has 0 bridgehead atoms. The molecule has 25 heavy (non-hydrogen) atoms. The van der Waals surface area contributed by atoms with Gasteiger partial charge < -0.3 is 19.7 Å². The molecule has 1 fully saturated rings. The fourth-order valence-corrected chi connectivity index (χ4v) is 2.50. The highest BCUT2D eigenvalue weighted by molar-refractivity contribution is 5.92. The van der Waals surface area contributed by atoms with Crippen LogP contribution < -0.4 is 10.1 Å². The van der Waals surface area contributed by atoms with Crippen molar-refractivity contribution in [2.24, 2.45) is 0 Å². The normalized spacial score (nSPS) is 14.4. The van der Waals surface area contributed by atoms with Gasteiger partial charge in [0.2, 0.25) is 0 Å². The largest absolute Gasteiger partial charge is 0.489 e. The third kappa shape index (κ3) is 4.45. The predicted octanol–water partition coefficient (Wildman–Crippen LogP) is 2.48. The lowest BCUT2D eigenvalue weighted by atomic mass is 10.3. The molecule has 3 rings (SSSR count). The first-order valence-electron chi connectivity index (χ1n) is 8.35. The van der Waals surface area contributed by atoms with Gasteiger partial charge in [-0.1, -0.05) is 12.1 Å².